The standard InChI is InChI=1S/C20H18ClN3O/c1-10-3-5-16-13(7-10)14-8-11(2)24-20(18(14)22-16)15-9-12(21)4-6-17(15)23-19(20)25/h3-7,9,11,22,24H,8H2,1-2H3,(H,23,25). The van der Waals surface area contributed by atoms with Gasteiger partial charge in [-0.25, -0.2) is 0 Å². The first-order valence-electron chi connectivity index (χ1n) is 8.50. The van der Waals surface area contributed by atoms with Crippen LogP contribution in [0.2, 0.25) is 5.02 Å². The Morgan fingerprint density at radius 2 is 2.04 bits per heavy atom. The quantitative estimate of drug-likeness (QED) is 0.576. The molecule has 1 amide bonds. The Morgan fingerprint density at radius 1 is 1.20 bits per heavy atom. The Hall–Kier alpha value is -2.30. The van der Waals surface area contributed by atoms with Gasteiger partial charge < -0.3 is 10.3 Å². The summed E-state index contributed by atoms with van der Waals surface area (Å²) in [4.78, 5) is 16.7. The largest absolute Gasteiger partial charge is 0.356 e. The maximum atomic E-state index is 13.1. The van der Waals surface area contributed by atoms with Crippen LogP contribution in [0.5, 0.6) is 0 Å². The molecule has 0 radical (unpaired) electrons. The van der Waals surface area contributed by atoms with Crippen LogP contribution in [0.3, 0.4) is 0 Å². The van der Waals surface area contributed by atoms with Gasteiger partial charge in [0.15, 0.2) is 5.54 Å². The SMILES string of the molecule is Cc1ccc2[nH]c3c(c2c1)CC(C)NC31C(=O)Nc2ccc(Cl)cc21. The smallest absolute Gasteiger partial charge is 0.255 e. The molecule has 3 heterocycles. The number of hydrogen-bond acceptors (Lipinski definition) is 2. The summed E-state index contributed by atoms with van der Waals surface area (Å²) < 4.78 is 0. The molecular weight excluding hydrogens is 334 g/mol. The third-order valence-electron chi connectivity index (χ3n) is 5.38. The van der Waals surface area contributed by atoms with Crippen molar-refractivity contribution >= 4 is 34.1 Å². The Labute approximate surface area is 150 Å². The molecule has 2 unspecified atom stereocenters. The molecule has 1 spiro atoms. The van der Waals surface area contributed by atoms with Crippen LogP contribution in [0, 0.1) is 6.92 Å². The Morgan fingerprint density at radius 3 is 2.88 bits per heavy atom. The summed E-state index contributed by atoms with van der Waals surface area (Å²) in [6.45, 7) is 4.21. The first-order chi connectivity index (χ1) is 12.0. The predicted octanol–water partition coefficient (Wildman–Crippen LogP) is 3.86. The average Bonchev–Trinajstić information content (AvgIpc) is 3.05. The molecule has 3 aromatic rings. The van der Waals surface area contributed by atoms with Crippen LogP contribution in [0.25, 0.3) is 10.9 Å². The summed E-state index contributed by atoms with van der Waals surface area (Å²) in [7, 11) is 0. The summed E-state index contributed by atoms with van der Waals surface area (Å²) in [5.74, 6) is -0.0548. The van der Waals surface area contributed by atoms with Gasteiger partial charge in [-0.05, 0) is 56.2 Å². The van der Waals surface area contributed by atoms with Gasteiger partial charge in [0.05, 0.1) is 5.69 Å². The zero-order valence-electron chi connectivity index (χ0n) is 14.0. The predicted molar refractivity (Wildman–Crippen MR) is 100 cm³/mol. The van der Waals surface area contributed by atoms with Crippen molar-refractivity contribution in [1.82, 2.24) is 10.3 Å². The molecule has 4 nitrogen and oxygen atoms in total. The van der Waals surface area contributed by atoms with E-state index in [-0.39, 0.29) is 11.9 Å². The number of nitrogens with one attached hydrogen (secondary N) is 3. The third-order valence-corrected chi connectivity index (χ3v) is 5.62. The van der Waals surface area contributed by atoms with Crippen LogP contribution in [-0.4, -0.2) is 16.9 Å². The summed E-state index contributed by atoms with van der Waals surface area (Å²) >= 11 is 6.26. The molecule has 0 fully saturated rings. The van der Waals surface area contributed by atoms with E-state index in [1.807, 2.05) is 12.1 Å². The lowest BCUT2D eigenvalue weighted by Gasteiger charge is -2.37. The second-order valence-electron chi connectivity index (χ2n) is 7.17. The average molecular weight is 352 g/mol. The minimum absolute atomic E-state index is 0.0548. The van der Waals surface area contributed by atoms with Crippen molar-refractivity contribution in [1.29, 1.82) is 0 Å². The van der Waals surface area contributed by atoms with Gasteiger partial charge in [-0.15, -0.1) is 0 Å². The van der Waals surface area contributed by atoms with E-state index in [2.05, 4.69) is 47.7 Å². The highest BCUT2D eigenvalue weighted by Gasteiger charge is 2.53. The molecule has 25 heavy (non-hydrogen) atoms. The minimum Gasteiger partial charge on any atom is -0.356 e. The van der Waals surface area contributed by atoms with Crippen molar-refractivity contribution < 1.29 is 4.79 Å². The molecule has 0 saturated heterocycles. The van der Waals surface area contributed by atoms with Crippen molar-refractivity contribution in [3.63, 3.8) is 0 Å². The van der Waals surface area contributed by atoms with Crippen LogP contribution in [0.4, 0.5) is 5.69 Å². The molecule has 2 atom stereocenters. The lowest BCUT2D eigenvalue weighted by Crippen LogP contribution is -2.56. The van der Waals surface area contributed by atoms with Gasteiger partial charge in [-0.2, -0.15) is 0 Å². The molecular formula is C20H18ClN3O. The summed E-state index contributed by atoms with van der Waals surface area (Å²) in [6.07, 6.45) is 0.879. The molecule has 2 aromatic carbocycles. The molecule has 2 aliphatic rings. The van der Waals surface area contributed by atoms with Crippen LogP contribution in [0.15, 0.2) is 36.4 Å². The number of aromatic nitrogens is 1. The zero-order valence-corrected chi connectivity index (χ0v) is 14.8. The van der Waals surface area contributed by atoms with E-state index >= 15 is 0 Å². The zero-order chi connectivity index (χ0) is 17.3. The summed E-state index contributed by atoms with van der Waals surface area (Å²) in [5, 5.41) is 8.40. The van der Waals surface area contributed by atoms with Gasteiger partial charge in [-0.3, -0.25) is 10.1 Å². The number of anilines is 1. The Balaban J connectivity index is 1.87. The third kappa shape index (κ3) is 1.89. The van der Waals surface area contributed by atoms with E-state index in [1.54, 1.807) is 6.07 Å². The monoisotopic (exact) mass is 351 g/mol. The van der Waals surface area contributed by atoms with Gasteiger partial charge in [0.25, 0.3) is 5.91 Å². The number of hydrogen-bond donors (Lipinski definition) is 3. The number of rotatable bonds is 0. The fourth-order valence-electron chi connectivity index (χ4n) is 4.36. The van der Waals surface area contributed by atoms with Crippen molar-refractivity contribution in [2.75, 3.05) is 5.32 Å². The molecule has 0 saturated carbocycles. The first-order valence-corrected chi connectivity index (χ1v) is 8.87. The van der Waals surface area contributed by atoms with Crippen molar-refractivity contribution in [3.05, 3.63) is 63.8 Å². The number of fused-ring (bicyclic) bond motifs is 6. The number of carbonyl (C=O) groups is 1. The molecule has 3 N–H and O–H groups in total. The van der Waals surface area contributed by atoms with E-state index in [0.29, 0.717) is 5.02 Å². The van der Waals surface area contributed by atoms with Gasteiger partial charge in [-0.1, -0.05) is 23.2 Å². The van der Waals surface area contributed by atoms with E-state index in [1.165, 1.54) is 16.5 Å². The fraction of sp³-hybridized carbons (Fsp3) is 0.250. The first kappa shape index (κ1) is 15.0. The summed E-state index contributed by atoms with van der Waals surface area (Å²) in [6, 6.07) is 12.1. The van der Waals surface area contributed by atoms with Gasteiger partial charge >= 0.3 is 0 Å². The maximum absolute atomic E-state index is 13.1. The molecule has 5 heteroatoms. The highest BCUT2D eigenvalue weighted by Crippen LogP contribution is 2.46. The van der Waals surface area contributed by atoms with E-state index in [4.69, 9.17) is 11.6 Å². The normalized spacial score (nSPS) is 24.4. The maximum Gasteiger partial charge on any atom is 0.255 e. The number of benzene rings is 2. The molecule has 0 bridgehead atoms. The van der Waals surface area contributed by atoms with Crippen molar-refractivity contribution in [3.8, 4) is 0 Å². The lowest BCUT2D eigenvalue weighted by molar-refractivity contribution is -0.121. The number of amides is 1. The number of aryl methyl sites for hydroxylation is 1. The molecule has 2 aliphatic heterocycles. The second-order valence-corrected chi connectivity index (χ2v) is 7.61. The number of aromatic amines is 1. The topological polar surface area (TPSA) is 56.9 Å². The molecule has 1 aromatic heterocycles. The number of halogens is 1. The lowest BCUT2D eigenvalue weighted by atomic mass is 9.80. The van der Waals surface area contributed by atoms with E-state index < -0.39 is 5.54 Å². The molecule has 0 aliphatic carbocycles. The van der Waals surface area contributed by atoms with Gasteiger partial charge in [0.2, 0.25) is 0 Å². The Kier molecular flexibility index (Phi) is 2.92. The number of H-pyrrole nitrogens is 1. The summed E-state index contributed by atoms with van der Waals surface area (Å²) in [5.41, 5.74) is 5.22. The second kappa shape index (κ2) is 4.87. The number of carbonyl (C=O) groups excluding carboxylic acids is 1. The van der Waals surface area contributed by atoms with Crippen LogP contribution < -0.4 is 10.6 Å². The molecule has 126 valence electrons. The Bertz CT molecular complexity index is 1050. The van der Waals surface area contributed by atoms with Crippen LogP contribution in [-0.2, 0) is 16.8 Å². The van der Waals surface area contributed by atoms with Crippen molar-refractivity contribution in [2.24, 2.45) is 0 Å². The highest BCUT2D eigenvalue weighted by molar-refractivity contribution is 6.31. The van der Waals surface area contributed by atoms with E-state index in [9.17, 15) is 4.79 Å². The highest BCUT2D eigenvalue weighted by atomic mass is 35.5. The molecule has 5 rings (SSSR count). The van der Waals surface area contributed by atoms with Crippen LogP contribution in [0.1, 0.15) is 29.3 Å². The van der Waals surface area contributed by atoms with Gasteiger partial charge in [0.1, 0.15) is 0 Å². The van der Waals surface area contributed by atoms with Crippen molar-refractivity contribution in [2.45, 2.75) is 31.8 Å². The van der Waals surface area contributed by atoms with Gasteiger partial charge in [0, 0.05) is 33.2 Å². The fourth-order valence-corrected chi connectivity index (χ4v) is 4.53. The van der Waals surface area contributed by atoms with E-state index in [0.717, 1.165) is 28.9 Å². The van der Waals surface area contributed by atoms with Crippen LogP contribution >= 0.6 is 11.6 Å². The minimum atomic E-state index is -0.917.